The van der Waals surface area contributed by atoms with Gasteiger partial charge in [0.05, 0.1) is 23.0 Å². The summed E-state index contributed by atoms with van der Waals surface area (Å²) in [6.45, 7) is 1.93. The quantitative estimate of drug-likeness (QED) is 0.701. The molecule has 1 fully saturated rings. The summed E-state index contributed by atoms with van der Waals surface area (Å²) in [6, 6.07) is 5.79. The summed E-state index contributed by atoms with van der Waals surface area (Å²) in [4.78, 5) is 21.4. The lowest BCUT2D eigenvalue weighted by Crippen LogP contribution is -2.16. The van der Waals surface area contributed by atoms with Gasteiger partial charge in [-0.05, 0) is 42.9 Å². The zero-order chi connectivity index (χ0) is 21.9. The molecule has 30 heavy (non-hydrogen) atoms. The Kier molecular flexibility index (Phi) is 6.60. The fourth-order valence-corrected chi connectivity index (χ4v) is 3.94. The van der Waals surface area contributed by atoms with Crippen LogP contribution in [0, 0.1) is 5.92 Å². The Morgan fingerprint density at radius 3 is 2.27 bits per heavy atom. The maximum atomic E-state index is 13.6. The molecule has 1 aromatic heterocycles. The molecule has 1 amide bonds. The average molecular weight is 435 g/mol. The third-order valence-corrected chi connectivity index (χ3v) is 6.13. The second-order valence-corrected chi connectivity index (χ2v) is 9.36. The number of sulfone groups is 1. The van der Waals surface area contributed by atoms with Crippen LogP contribution in [0.3, 0.4) is 0 Å². The number of nitrogens with zero attached hydrogens (tertiary/aromatic N) is 2. The highest BCUT2D eigenvalue weighted by atomic mass is 32.2. The van der Waals surface area contributed by atoms with E-state index in [-0.39, 0.29) is 29.1 Å². The van der Waals surface area contributed by atoms with Gasteiger partial charge in [0, 0.05) is 11.8 Å². The number of carbonyl (C=O) groups is 1. The molecule has 1 heterocycles. The van der Waals surface area contributed by atoms with Crippen LogP contribution >= 0.6 is 0 Å². The molecule has 160 valence electrons. The van der Waals surface area contributed by atoms with Gasteiger partial charge in [-0.2, -0.15) is 0 Å². The number of amides is 1. The van der Waals surface area contributed by atoms with Gasteiger partial charge in [0.25, 0.3) is 5.91 Å². The number of alkyl halides is 2. The summed E-state index contributed by atoms with van der Waals surface area (Å²) >= 11 is 0. The minimum atomic E-state index is -3.40. The third-order valence-electron chi connectivity index (χ3n) is 5.00. The van der Waals surface area contributed by atoms with Crippen molar-refractivity contribution in [2.24, 2.45) is 5.92 Å². The van der Waals surface area contributed by atoms with Gasteiger partial charge in [0.2, 0.25) is 0 Å². The number of allylic oxidation sites excluding steroid dienone is 1. The molecule has 3 atom stereocenters. The van der Waals surface area contributed by atoms with Gasteiger partial charge in [0.1, 0.15) is 12.3 Å². The van der Waals surface area contributed by atoms with Crippen molar-refractivity contribution in [3.63, 3.8) is 0 Å². The number of anilines is 1. The molecule has 0 radical (unpaired) electrons. The fraction of sp³-hybridized carbons (Fsp3) is 0.381. The van der Waals surface area contributed by atoms with E-state index >= 15 is 0 Å². The lowest BCUT2D eigenvalue weighted by atomic mass is 9.98. The number of hydrogen-bond donors (Lipinski definition) is 1. The van der Waals surface area contributed by atoms with E-state index in [1.807, 2.05) is 6.92 Å². The Morgan fingerprint density at radius 2 is 1.77 bits per heavy atom. The fourth-order valence-electron chi connectivity index (χ4n) is 3.31. The first-order chi connectivity index (χ1) is 14.2. The number of aryl methyl sites for hydroxylation is 1. The van der Waals surface area contributed by atoms with E-state index < -0.39 is 34.0 Å². The Labute approximate surface area is 174 Å². The first-order valence-electron chi connectivity index (χ1n) is 9.60. The van der Waals surface area contributed by atoms with Gasteiger partial charge < -0.3 is 5.32 Å². The highest BCUT2D eigenvalue weighted by Crippen LogP contribution is 2.34. The Balaban J connectivity index is 1.91. The smallest absolute Gasteiger partial charge is 0.257 e. The maximum Gasteiger partial charge on any atom is 0.257 e. The topological polar surface area (TPSA) is 89.0 Å². The molecule has 1 N–H and O–H groups in total. The standard InChI is InChI=1S/C21H23F2N3O3S/c1-3-15-11-25-20(12-24-15)26-21(27)17(8-13-9-18(22)19(23)10-13)14-4-6-16(7-5-14)30(2,28)29/h4-8,11-13,18-19H,3,9-10H2,1-2H3,(H,25,26,27)/b17-8+/t13?,18-,19+. The zero-order valence-corrected chi connectivity index (χ0v) is 17.5. The molecule has 1 saturated carbocycles. The lowest BCUT2D eigenvalue weighted by molar-refractivity contribution is -0.111. The van der Waals surface area contributed by atoms with Crippen LogP contribution in [0.1, 0.15) is 31.0 Å². The average Bonchev–Trinajstić information content (AvgIpc) is 3.03. The van der Waals surface area contributed by atoms with Gasteiger partial charge in [-0.1, -0.05) is 25.1 Å². The lowest BCUT2D eigenvalue weighted by Gasteiger charge is -2.12. The number of halogens is 2. The summed E-state index contributed by atoms with van der Waals surface area (Å²) in [7, 11) is -3.40. The minimum absolute atomic E-state index is 0.00955. The van der Waals surface area contributed by atoms with Crippen molar-refractivity contribution in [3.8, 4) is 0 Å². The van der Waals surface area contributed by atoms with E-state index in [0.717, 1.165) is 11.9 Å². The number of aromatic nitrogens is 2. The summed E-state index contributed by atoms with van der Waals surface area (Å²) in [5, 5.41) is 2.65. The van der Waals surface area contributed by atoms with Crippen LogP contribution in [0.15, 0.2) is 47.6 Å². The molecule has 6 nitrogen and oxygen atoms in total. The van der Waals surface area contributed by atoms with Gasteiger partial charge in [0.15, 0.2) is 15.7 Å². The molecular formula is C21H23F2N3O3S. The van der Waals surface area contributed by atoms with Crippen molar-refractivity contribution in [1.29, 1.82) is 0 Å². The molecule has 1 unspecified atom stereocenters. The van der Waals surface area contributed by atoms with E-state index in [1.165, 1.54) is 30.5 Å². The Bertz CT molecular complexity index is 1030. The van der Waals surface area contributed by atoms with Crippen molar-refractivity contribution in [2.75, 3.05) is 11.6 Å². The molecule has 0 saturated heterocycles. The Hall–Kier alpha value is -2.68. The predicted molar refractivity (Wildman–Crippen MR) is 110 cm³/mol. The number of carbonyl (C=O) groups excluding carboxylic acids is 1. The molecular weight excluding hydrogens is 412 g/mol. The third kappa shape index (κ3) is 5.27. The van der Waals surface area contributed by atoms with Crippen molar-refractivity contribution < 1.29 is 22.0 Å². The van der Waals surface area contributed by atoms with Crippen LogP contribution in [0.5, 0.6) is 0 Å². The summed E-state index contributed by atoms with van der Waals surface area (Å²) in [6.07, 6.45) is 3.19. The maximum absolute atomic E-state index is 13.6. The molecule has 0 spiro atoms. The monoisotopic (exact) mass is 435 g/mol. The van der Waals surface area contributed by atoms with E-state index in [2.05, 4.69) is 15.3 Å². The van der Waals surface area contributed by atoms with Crippen LogP contribution in [0.25, 0.3) is 5.57 Å². The summed E-state index contributed by atoms with van der Waals surface area (Å²) < 4.78 is 50.7. The van der Waals surface area contributed by atoms with Crippen LogP contribution in [-0.2, 0) is 21.1 Å². The Morgan fingerprint density at radius 1 is 1.13 bits per heavy atom. The highest BCUT2D eigenvalue weighted by molar-refractivity contribution is 7.90. The zero-order valence-electron chi connectivity index (χ0n) is 16.7. The first kappa shape index (κ1) is 22.0. The van der Waals surface area contributed by atoms with Crippen LogP contribution in [-0.4, -0.2) is 42.9 Å². The van der Waals surface area contributed by atoms with E-state index in [0.29, 0.717) is 12.0 Å². The second kappa shape index (κ2) is 8.99. The first-order valence-corrected chi connectivity index (χ1v) is 11.5. The summed E-state index contributed by atoms with van der Waals surface area (Å²) in [5.74, 6) is -0.716. The molecule has 9 heteroatoms. The van der Waals surface area contributed by atoms with Crippen molar-refractivity contribution >= 4 is 27.1 Å². The number of benzene rings is 1. The van der Waals surface area contributed by atoms with E-state index in [4.69, 9.17) is 0 Å². The van der Waals surface area contributed by atoms with Gasteiger partial charge >= 0.3 is 0 Å². The molecule has 0 aliphatic heterocycles. The predicted octanol–water partition coefficient (Wildman–Crippen LogP) is 3.55. The van der Waals surface area contributed by atoms with E-state index in [9.17, 15) is 22.0 Å². The number of nitrogens with one attached hydrogen (secondary N) is 1. The molecule has 0 bridgehead atoms. The second-order valence-electron chi connectivity index (χ2n) is 7.34. The number of hydrogen-bond acceptors (Lipinski definition) is 5. The number of rotatable bonds is 6. The van der Waals surface area contributed by atoms with Gasteiger partial charge in [-0.25, -0.2) is 22.2 Å². The minimum Gasteiger partial charge on any atom is -0.305 e. The van der Waals surface area contributed by atoms with Crippen LogP contribution in [0.4, 0.5) is 14.6 Å². The van der Waals surface area contributed by atoms with Gasteiger partial charge in [-0.3, -0.25) is 9.78 Å². The molecule has 2 aromatic rings. The summed E-state index contributed by atoms with van der Waals surface area (Å²) in [5.41, 5.74) is 1.41. The van der Waals surface area contributed by atoms with Crippen molar-refractivity contribution in [2.45, 2.75) is 43.4 Å². The molecule has 1 aliphatic rings. The molecule has 1 aliphatic carbocycles. The largest absolute Gasteiger partial charge is 0.305 e. The normalized spacial score (nSPS) is 22.1. The van der Waals surface area contributed by atoms with Crippen LogP contribution in [0.2, 0.25) is 0 Å². The molecule has 3 rings (SSSR count). The molecule has 1 aromatic carbocycles. The van der Waals surface area contributed by atoms with Crippen LogP contribution < -0.4 is 5.32 Å². The van der Waals surface area contributed by atoms with Crippen molar-refractivity contribution in [3.05, 3.63) is 54.0 Å². The van der Waals surface area contributed by atoms with Crippen molar-refractivity contribution in [1.82, 2.24) is 9.97 Å². The highest BCUT2D eigenvalue weighted by Gasteiger charge is 2.34. The van der Waals surface area contributed by atoms with Gasteiger partial charge in [-0.15, -0.1) is 0 Å². The SMILES string of the molecule is CCc1cnc(NC(=O)/C(=C/C2C[C@@H](F)[C@@H](F)C2)c2ccc(S(C)(=O)=O)cc2)cn1. The van der Waals surface area contributed by atoms with E-state index in [1.54, 1.807) is 12.3 Å².